The highest BCUT2D eigenvalue weighted by atomic mass is 32.2. The Balaban J connectivity index is 3.31. The number of carbonyl (C=O) groups excluding carboxylic acids is 1. The summed E-state index contributed by atoms with van der Waals surface area (Å²) < 4.78 is 10.9. The van der Waals surface area contributed by atoms with Crippen LogP contribution in [-0.4, -0.2) is 34.7 Å². The van der Waals surface area contributed by atoms with Gasteiger partial charge in [0, 0.05) is 35.3 Å². The molecular weight excluding hydrogens is 188 g/mol. The molecule has 0 aromatic rings. The fraction of sp³-hybridized carbons (Fsp3) is 0.875. The van der Waals surface area contributed by atoms with Crippen molar-refractivity contribution in [2.75, 3.05) is 24.6 Å². The van der Waals surface area contributed by atoms with Crippen molar-refractivity contribution in [2.24, 2.45) is 5.73 Å². The molecule has 0 aromatic heterocycles. The summed E-state index contributed by atoms with van der Waals surface area (Å²) in [6.45, 7) is 2.91. The second-order valence-corrected chi connectivity index (χ2v) is 4.54. The number of rotatable bonds is 7. The van der Waals surface area contributed by atoms with Crippen molar-refractivity contribution in [1.82, 2.24) is 5.32 Å². The third-order valence-corrected chi connectivity index (χ3v) is 2.89. The van der Waals surface area contributed by atoms with Crippen LogP contribution >= 0.6 is 0 Å². The Hall–Kier alpha value is -0.420. The van der Waals surface area contributed by atoms with Crippen LogP contribution in [0.1, 0.15) is 19.8 Å². The quantitative estimate of drug-likeness (QED) is 0.596. The van der Waals surface area contributed by atoms with E-state index in [1.165, 1.54) is 0 Å². The number of nitrogens with two attached hydrogens (primary N) is 1. The summed E-state index contributed by atoms with van der Waals surface area (Å²) in [5, 5.41) is 2.70. The monoisotopic (exact) mass is 206 g/mol. The van der Waals surface area contributed by atoms with Crippen LogP contribution in [0, 0.1) is 0 Å². The van der Waals surface area contributed by atoms with Gasteiger partial charge in [-0.25, -0.2) is 0 Å². The predicted octanol–water partition coefficient (Wildman–Crippen LogP) is -0.390. The number of carbonyl (C=O) groups is 1. The highest BCUT2D eigenvalue weighted by molar-refractivity contribution is 7.84. The van der Waals surface area contributed by atoms with Crippen molar-refractivity contribution >= 4 is 16.7 Å². The highest BCUT2D eigenvalue weighted by Gasteiger charge is 2.00. The van der Waals surface area contributed by atoms with Gasteiger partial charge in [0.15, 0.2) is 0 Å². The largest absolute Gasteiger partial charge is 0.355 e. The van der Waals surface area contributed by atoms with E-state index in [0.717, 1.165) is 0 Å². The Morgan fingerprint density at radius 2 is 2.23 bits per heavy atom. The zero-order valence-corrected chi connectivity index (χ0v) is 8.86. The third-order valence-electron chi connectivity index (χ3n) is 1.58. The lowest BCUT2D eigenvalue weighted by Crippen LogP contribution is -2.28. The Morgan fingerprint density at radius 1 is 1.54 bits per heavy atom. The van der Waals surface area contributed by atoms with E-state index in [0.29, 0.717) is 37.4 Å². The molecule has 0 aliphatic rings. The Kier molecular flexibility index (Phi) is 7.93. The lowest BCUT2D eigenvalue weighted by atomic mass is 10.3. The summed E-state index contributed by atoms with van der Waals surface area (Å²) in [5.74, 6) is 1.20. The smallest absolute Gasteiger partial charge is 0.220 e. The molecule has 1 unspecified atom stereocenters. The zero-order chi connectivity index (χ0) is 10.1. The SMILES string of the molecule is CCS(=O)CCNC(=O)CCCN. The van der Waals surface area contributed by atoms with Crippen LogP contribution in [-0.2, 0) is 15.6 Å². The molecule has 0 saturated carbocycles. The van der Waals surface area contributed by atoms with Gasteiger partial charge in [-0.15, -0.1) is 0 Å². The van der Waals surface area contributed by atoms with Gasteiger partial charge in [-0.1, -0.05) is 6.92 Å². The molecule has 0 rings (SSSR count). The van der Waals surface area contributed by atoms with Gasteiger partial charge < -0.3 is 11.1 Å². The van der Waals surface area contributed by atoms with Crippen molar-refractivity contribution in [1.29, 1.82) is 0 Å². The van der Waals surface area contributed by atoms with Gasteiger partial charge in [-0.05, 0) is 13.0 Å². The van der Waals surface area contributed by atoms with E-state index in [-0.39, 0.29) is 5.91 Å². The molecule has 13 heavy (non-hydrogen) atoms. The molecule has 1 amide bonds. The molecule has 0 aliphatic carbocycles. The molecule has 0 bridgehead atoms. The fourth-order valence-electron chi connectivity index (χ4n) is 0.800. The van der Waals surface area contributed by atoms with Crippen molar-refractivity contribution in [3.8, 4) is 0 Å². The van der Waals surface area contributed by atoms with Crippen LogP contribution in [0.3, 0.4) is 0 Å². The second kappa shape index (κ2) is 8.19. The second-order valence-electron chi connectivity index (χ2n) is 2.67. The van der Waals surface area contributed by atoms with E-state index in [9.17, 15) is 9.00 Å². The van der Waals surface area contributed by atoms with Crippen LogP contribution in [0.2, 0.25) is 0 Å². The van der Waals surface area contributed by atoms with E-state index in [4.69, 9.17) is 5.73 Å². The molecule has 4 nitrogen and oxygen atoms in total. The van der Waals surface area contributed by atoms with E-state index in [1.807, 2.05) is 6.92 Å². The van der Waals surface area contributed by atoms with Gasteiger partial charge in [0.25, 0.3) is 0 Å². The van der Waals surface area contributed by atoms with Crippen LogP contribution in [0.25, 0.3) is 0 Å². The van der Waals surface area contributed by atoms with Gasteiger partial charge >= 0.3 is 0 Å². The average Bonchev–Trinajstić information content (AvgIpc) is 2.14. The molecule has 3 N–H and O–H groups in total. The van der Waals surface area contributed by atoms with Crippen molar-refractivity contribution in [3.05, 3.63) is 0 Å². The minimum atomic E-state index is -0.789. The third kappa shape index (κ3) is 7.93. The van der Waals surface area contributed by atoms with Crippen LogP contribution < -0.4 is 11.1 Å². The molecular formula is C8H18N2O2S. The topological polar surface area (TPSA) is 72.2 Å². The van der Waals surface area contributed by atoms with Crippen LogP contribution in [0.5, 0.6) is 0 Å². The Labute approximate surface area is 81.7 Å². The summed E-state index contributed by atoms with van der Waals surface area (Å²) in [6.07, 6.45) is 1.18. The highest BCUT2D eigenvalue weighted by Crippen LogP contribution is 1.85. The van der Waals surface area contributed by atoms with Gasteiger partial charge in [0.2, 0.25) is 5.91 Å². The summed E-state index contributed by atoms with van der Waals surface area (Å²) >= 11 is 0. The van der Waals surface area contributed by atoms with E-state index < -0.39 is 10.8 Å². The first kappa shape index (κ1) is 12.6. The van der Waals surface area contributed by atoms with Gasteiger partial charge in [0.1, 0.15) is 0 Å². The van der Waals surface area contributed by atoms with Gasteiger partial charge in [0.05, 0.1) is 0 Å². The van der Waals surface area contributed by atoms with Crippen molar-refractivity contribution in [2.45, 2.75) is 19.8 Å². The zero-order valence-electron chi connectivity index (χ0n) is 8.04. The maximum atomic E-state index is 11.0. The first-order valence-corrected chi connectivity index (χ1v) is 6.01. The summed E-state index contributed by atoms with van der Waals surface area (Å²) in [7, 11) is -0.789. The molecule has 5 heteroatoms. The molecule has 0 spiro atoms. The molecule has 0 radical (unpaired) electrons. The van der Waals surface area contributed by atoms with Crippen molar-refractivity contribution < 1.29 is 9.00 Å². The van der Waals surface area contributed by atoms with Gasteiger partial charge in [-0.3, -0.25) is 9.00 Å². The maximum absolute atomic E-state index is 11.0. The first-order valence-electron chi connectivity index (χ1n) is 4.52. The predicted molar refractivity (Wildman–Crippen MR) is 54.8 cm³/mol. The molecule has 78 valence electrons. The average molecular weight is 206 g/mol. The van der Waals surface area contributed by atoms with Crippen molar-refractivity contribution in [3.63, 3.8) is 0 Å². The molecule has 0 aromatic carbocycles. The van der Waals surface area contributed by atoms with Crippen LogP contribution in [0.4, 0.5) is 0 Å². The lowest BCUT2D eigenvalue weighted by molar-refractivity contribution is -0.121. The van der Waals surface area contributed by atoms with Gasteiger partial charge in [-0.2, -0.15) is 0 Å². The van der Waals surface area contributed by atoms with E-state index in [2.05, 4.69) is 5.32 Å². The first-order chi connectivity index (χ1) is 6.20. The number of amides is 1. The normalized spacial score (nSPS) is 12.5. The van der Waals surface area contributed by atoms with E-state index in [1.54, 1.807) is 0 Å². The fourth-order valence-corrected chi connectivity index (χ4v) is 1.42. The maximum Gasteiger partial charge on any atom is 0.220 e. The number of hydrogen-bond acceptors (Lipinski definition) is 3. The Bertz CT molecular complexity index is 174. The molecule has 1 atom stereocenters. The summed E-state index contributed by atoms with van der Waals surface area (Å²) in [4.78, 5) is 11.0. The Morgan fingerprint density at radius 3 is 2.77 bits per heavy atom. The summed E-state index contributed by atoms with van der Waals surface area (Å²) in [6, 6.07) is 0. The summed E-state index contributed by atoms with van der Waals surface area (Å²) in [5.41, 5.74) is 5.25. The molecule has 0 aliphatic heterocycles. The van der Waals surface area contributed by atoms with Crippen LogP contribution in [0.15, 0.2) is 0 Å². The number of hydrogen-bond donors (Lipinski definition) is 2. The molecule has 0 heterocycles. The molecule has 0 fully saturated rings. The minimum absolute atomic E-state index is 0.00134. The standard InChI is InChI=1S/C8H18N2O2S/c1-2-13(12)7-6-10-8(11)4-3-5-9/h2-7,9H2,1H3,(H,10,11). The minimum Gasteiger partial charge on any atom is -0.355 e. The lowest BCUT2D eigenvalue weighted by Gasteiger charge is -2.03. The van der Waals surface area contributed by atoms with E-state index >= 15 is 0 Å². The molecule has 0 saturated heterocycles. The number of nitrogens with one attached hydrogen (secondary N) is 1.